The molecule has 1 N–H and O–H groups in total. The van der Waals surface area contributed by atoms with Crippen molar-refractivity contribution < 1.29 is 0 Å². The van der Waals surface area contributed by atoms with Crippen LogP contribution in [0.5, 0.6) is 0 Å². The minimum Gasteiger partial charge on any atom is -0.308 e. The quantitative estimate of drug-likeness (QED) is 0.915. The third-order valence-electron chi connectivity index (χ3n) is 5.27. The molecule has 0 aromatic heterocycles. The van der Waals surface area contributed by atoms with Crippen molar-refractivity contribution in [3.63, 3.8) is 0 Å². The van der Waals surface area contributed by atoms with Gasteiger partial charge >= 0.3 is 0 Å². The van der Waals surface area contributed by atoms with Crippen molar-refractivity contribution in [1.82, 2.24) is 15.1 Å². The number of benzene rings is 1. The lowest BCUT2D eigenvalue weighted by molar-refractivity contribution is 0.0931. The molecule has 2 heterocycles. The highest BCUT2D eigenvalue weighted by molar-refractivity contribution is 5.29. The molecule has 0 aliphatic carbocycles. The van der Waals surface area contributed by atoms with Gasteiger partial charge in [0.2, 0.25) is 0 Å². The monoisotopic (exact) mass is 287 g/mol. The molecule has 0 bridgehead atoms. The van der Waals surface area contributed by atoms with E-state index < -0.39 is 0 Å². The first-order valence-corrected chi connectivity index (χ1v) is 8.53. The molecule has 0 radical (unpaired) electrons. The molecule has 1 aromatic carbocycles. The van der Waals surface area contributed by atoms with Crippen LogP contribution in [0.25, 0.3) is 0 Å². The van der Waals surface area contributed by atoms with Gasteiger partial charge in [-0.05, 0) is 30.9 Å². The normalized spacial score (nSPS) is 25.5. The maximum absolute atomic E-state index is 3.71. The van der Waals surface area contributed by atoms with Crippen LogP contribution in [0.15, 0.2) is 24.3 Å². The zero-order valence-electron chi connectivity index (χ0n) is 13.5. The maximum Gasteiger partial charge on any atom is 0.0238 e. The third kappa shape index (κ3) is 3.65. The van der Waals surface area contributed by atoms with Gasteiger partial charge in [-0.2, -0.15) is 0 Å². The summed E-state index contributed by atoms with van der Waals surface area (Å²) in [5, 5.41) is 3.71. The lowest BCUT2D eigenvalue weighted by Gasteiger charge is -2.40. The van der Waals surface area contributed by atoms with Crippen LogP contribution in [0.1, 0.15) is 31.4 Å². The number of piperazine rings is 1. The fourth-order valence-corrected chi connectivity index (χ4v) is 3.61. The number of hydrogen-bond donors (Lipinski definition) is 1. The second kappa shape index (κ2) is 6.91. The van der Waals surface area contributed by atoms with Gasteiger partial charge in [-0.15, -0.1) is 0 Å². The Labute approximate surface area is 129 Å². The van der Waals surface area contributed by atoms with E-state index in [1.807, 2.05) is 0 Å². The summed E-state index contributed by atoms with van der Waals surface area (Å²) in [6.45, 7) is 11.8. The summed E-state index contributed by atoms with van der Waals surface area (Å²) in [4.78, 5) is 5.28. The summed E-state index contributed by atoms with van der Waals surface area (Å²) in [5.74, 6) is 0. The average Bonchev–Trinajstić information content (AvgIpc) is 2.55. The van der Waals surface area contributed by atoms with Gasteiger partial charge in [-0.25, -0.2) is 0 Å². The molecular formula is C18H29N3. The zero-order chi connectivity index (χ0) is 14.7. The predicted octanol–water partition coefficient (Wildman–Crippen LogP) is 2.12. The molecule has 1 aromatic rings. The number of fused-ring (bicyclic) bond motifs is 1. The van der Waals surface area contributed by atoms with Crippen molar-refractivity contribution in [2.24, 2.45) is 0 Å². The maximum atomic E-state index is 3.71. The highest BCUT2D eigenvalue weighted by atomic mass is 15.3. The molecule has 21 heavy (non-hydrogen) atoms. The van der Waals surface area contributed by atoms with Gasteiger partial charge in [0.15, 0.2) is 0 Å². The summed E-state index contributed by atoms with van der Waals surface area (Å²) < 4.78 is 0. The van der Waals surface area contributed by atoms with Gasteiger partial charge in [0.05, 0.1) is 0 Å². The van der Waals surface area contributed by atoms with Crippen LogP contribution in [0.2, 0.25) is 0 Å². The third-order valence-corrected chi connectivity index (χ3v) is 5.27. The second-order valence-corrected chi connectivity index (χ2v) is 6.64. The van der Waals surface area contributed by atoms with E-state index in [1.165, 1.54) is 51.1 Å². The Kier molecular flexibility index (Phi) is 4.94. The first-order valence-electron chi connectivity index (χ1n) is 8.53. The van der Waals surface area contributed by atoms with Crippen LogP contribution in [0.3, 0.4) is 0 Å². The molecule has 2 aliphatic rings. The predicted molar refractivity (Wildman–Crippen MR) is 88.5 cm³/mol. The Morgan fingerprint density at radius 1 is 1.14 bits per heavy atom. The van der Waals surface area contributed by atoms with E-state index in [4.69, 9.17) is 0 Å². The Balaban J connectivity index is 1.48. The van der Waals surface area contributed by atoms with E-state index in [1.54, 1.807) is 5.56 Å². The molecule has 3 rings (SSSR count). The van der Waals surface area contributed by atoms with Crippen LogP contribution < -0.4 is 5.32 Å². The van der Waals surface area contributed by atoms with Gasteiger partial charge in [0.25, 0.3) is 0 Å². The molecule has 3 nitrogen and oxygen atoms in total. The average molecular weight is 287 g/mol. The SMILES string of the molecule is CCC(C)N1CCN(CC2Cc3ccccc3CN2)CC1. The molecule has 2 unspecified atom stereocenters. The van der Waals surface area contributed by atoms with E-state index in [2.05, 4.69) is 53.2 Å². The molecular weight excluding hydrogens is 258 g/mol. The molecule has 2 atom stereocenters. The Morgan fingerprint density at radius 3 is 2.57 bits per heavy atom. The van der Waals surface area contributed by atoms with Crippen LogP contribution >= 0.6 is 0 Å². The van der Waals surface area contributed by atoms with E-state index in [9.17, 15) is 0 Å². The van der Waals surface area contributed by atoms with Crippen molar-refractivity contribution in [3.05, 3.63) is 35.4 Å². The van der Waals surface area contributed by atoms with Crippen LogP contribution in [0, 0.1) is 0 Å². The Bertz CT molecular complexity index is 452. The van der Waals surface area contributed by atoms with Crippen LogP contribution in [-0.4, -0.2) is 54.6 Å². The fraction of sp³-hybridized carbons (Fsp3) is 0.667. The van der Waals surface area contributed by atoms with Gasteiger partial charge in [0, 0.05) is 51.4 Å². The van der Waals surface area contributed by atoms with Crippen molar-refractivity contribution in [3.8, 4) is 0 Å². The van der Waals surface area contributed by atoms with Crippen molar-refractivity contribution in [1.29, 1.82) is 0 Å². The number of nitrogens with zero attached hydrogens (tertiary/aromatic N) is 2. The summed E-state index contributed by atoms with van der Waals surface area (Å²) in [6, 6.07) is 10.2. The van der Waals surface area contributed by atoms with Crippen LogP contribution in [-0.2, 0) is 13.0 Å². The molecule has 1 saturated heterocycles. The van der Waals surface area contributed by atoms with Gasteiger partial charge in [-0.3, -0.25) is 9.80 Å². The standard InChI is InChI=1S/C18H29N3/c1-3-15(2)21-10-8-20(9-11-21)14-18-12-16-6-4-5-7-17(16)13-19-18/h4-7,15,18-19H,3,8-14H2,1-2H3. The van der Waals surface area contributed by atoms with E-state index >= 15 is 0 Å². The first-order chi connectivity index (χ1) is 10.3. The number of rotatable bonds is 4. The summed E-state index contributed by atoms with van der Waals surface area (Å²) in [7, 11) is 0. The molecule has 3 heteroatoms. The molecule has 116 valence electrons. The van der Waals surface area contributed by atoms with E-state index in [-0.39, 0.29) is 0 Å². The highest BCUT2D eigenvalue weighted by Gasteiger charge is 2.24. The smallest absolute Gasteiger partial charge is 0.0238 e. The minimum atomic E-state index is 0.620. The minimum absolute atomic E-state index is 0.620. The Morgan fingerprint density at radius 2 is 1.86 bits per heavy atom. The second-order valence-electron chi connectivity index (χ2n) is 6.64. The highest BCUT2D eigenvalue weighted by Crippen LogP contribution is 2.17. The lowest BCUT2D eigenvalue weighted by Crippen LogP contribution is -2.53. The van der Waals surface area contributed by atoms with Crippen LogP contribution in [0.4, 0.5) is 0 Å². The summed E-state index contributed by atoms with van der Waals surface area (Å²) in [6.07, 6.45) is 2.45. The largest absolute Gasteiger partial charge is 0.308 e. The number of hydrogen-bond acceptors (Lipinski definition) is 3. The zero-order valence-corrected chi connectivity index (χ0v) is 13.5. The van der Waals surface area contributed by atoms with Gasteiger partial charge < -0.3 is 5.32 Å². The van der Waals surface area contributed by atoms with Gasteiger partial charge in [0.1, 0.15) is 0 Å². The lowest BCUT2D eigenvalue weighted by atomic mass is 9.95. The first kappa shape index (κ1) is 15.0. The van der Waals surface area contributed by atoms with Crippen molar-refractivity contribution in [2.45, 2.75) is 45.3 Å². The topological polar surface area (TPSA) is 18.5 Å². The van der Waals surface area contributed by atoms with Gasteiger partial charge in [-0.1, -0.05) is 31.2 Å². The van der Waals surface area contributed by atoms with E-state index in [0.29, 0.717) is 6.04 Å². The molecule has 0 saturated carbocycles. The summed E-state index contributed by atoms with van der Waals surface area (Å²) in [5.41, 5.74) is 3.02. The molecule has 1 fully saturated rings. The number of nitrogens with one attached hydrogen (secondary N) is 1. The Hall–Kier alpha value is -0.900. The van der Waals surface area contributed by atoms with E-state index in [0.717, 1.165) is 12.6 Å². The molecule has 2 aliphatic heterocycles. The molecule has 0 spiro atoms. The molecule has 0 amide bonds. The fourth-order valence-electron chi connectivity index (χ4n) is 3.61. The van der Waals surface area contributed by atoms with Crippen molar-refractivity contribution >= 4 is 0 Å². The van der Waals surface area contributed by atoms with Crippen molar-refractivity contribution in [2.75, 3.05) is 32.7 Å². The summed E-state index contributed by atoms with van der Waals surface area (Å²) >= 11 is 0.